The summed E-state index contributed by atoms with van der Waals surface area (Å²) in [6.07, 6.45) is 0.692. The van der Waals surface area contributed by atoms with Crippen molar-refractivity contribution in [2.24, 2.45) is 0 Å². The number of benzene rings is 3. The number of imidazole rings is 1. The van der Waals surface area contributed by atoms with E-state index in [1.807, 2.05) is 0 Å². The van der Waals surface area contributed by atoms with Gasteiger partial charge in [-0.05, 0) is 47.5 Å². The van der Waals surface area contributed by atoms with Gasteiger partial charge in [-0.2, -0.15) is 0 Å². The number of nitrogens with zero attached hydrogens (tertiary/aromatic N) is 3. The number of anilines is 1. The standard InChI is InChI=1S/C27H21F2N5O4/c1-32-25(37)31-24(36)27(32)12-15-6-7-19(8-16(15)13-27)30-23(35)14-33-21-4-2-3-5-22(21)34(26(33)38)20-10-17(28)9-18(29)11-20/h2-11H,12-14H2,1H3,(H,30,35)(H,31,36,37)/t27-/m1/s1. The quantitative estimate of drug-likeness (QED) is 0.406. The minimum atomic E-state index is -0.979. The third kappa shape index (κ3) is 3.58. The maximum absolute atomic E-state index is 13.9. The maximum atomic E-state index is 13.9. The molecular formula is C27H21F2N5O4. The van der Waals surface area contributed by atoms with Gasteiger partial charge in [0.25, 0.3) is 5.91 Å². The van der Waals surface area contributed by atoms with Gasteiger partial charge in [0, 0.05) is 31.6 Å². The van der Waals surface area contributed by atoms with Gasteiger partial charge in [0.05, 0.1) is 16.7 Å². The molecule has 1 aromatic heterocycles. The number of carbonyl (C=O) groups excluding carboxylic acids is 3. The largest absolute Gasteiger partial charge is 0.334 e. The molecule has 1 spiro atoms. The monoisotopic (exact) mass is 517 g/mol. The van der Waals surface area contributed by atoms with Crippen LogP contribution in [0.15, 0.2) is 65.5 Å². The lowest BCUT2D eigenvalue weighted by Gasteiger charge is -2.27. The zero-order chi connectivity index (χ0) is 26.8. The number of halogens is 2. The number of imide groups is 1. The minimum Gasteiger partial charge on any atom is -0.325 e. The van der Waals surface area contributed by atoms with Crippen molar-refractivity contribution in [3.05, 3.63) is 93.9 Å². The highest BCUT2D eigenvalue weighted by atomic mass is 19.1. The fraction of sp³-hybridized carbons (Fsp3) is 0.185. The number of fused-ring (bicyclic) bond motifs is 2. The molecule has 9 nitrogen and oxygen atoms in total. The number of nitrogens with one attached hydrogen (secondary N) is 2. The molecular weight excluding hydrogens is 496 g/mol. The Morgan fingerprint density at radius 3 is 2.32 bits per heavy atom. The zero-order valence-corrected chi connectivity index (χ0v) is 20.1. The van der Waals surface area contributed by atoms with Gasteiger partial charge in [0.1, 0.15) is 23.7 Å². The van der Waals surface area contributed by atoms with Crippen LogP contribution >= 0.6 is 0 Å². The van der Waals surface area contributed by atoms with E-state index >= 15 is 0 Å². The van der Waals surface area contributed by atoms with Gasteiger partial charge >= 0.3 is 11.7 Å². The Hall–Kier alpha value is -4.80. The molecule has 0 bridgehead atoms. The molecule has 2 N–H and O–H groups in total. The summed E-state index contributed by atoms with van der Waals surface area (Å²) in [6.45, 7) is -0.342. The van der Waals surface area contributed by atoms with Gasteiger partial charge in [0.15, 0.2) is 0 Å². The molecule has 0 radical (unpaired) electrons. The van der Waals surface area contributed by atoms with Crippen molar-refractivity contribution in [3.63, 3.8) is 0 Å². The summed E-state index contributed by atoms with van der Waals surface area (Å²) in [6, 6.07) is 14.3. The third-order valence-corrected chi connectivity index (χ3v) is 7.29. The number of rotatable bonds is 4. The second kappa shape index (κ2) is 8.37. The van der Waals surface area contributed by atoms with Crippen molar-refractivity contribution in [2.45, 2.75) is 24.9 Å². The second-order valence-corrected chi connectivity index (χ2v) is 9.56. The van der Waals surface area contributed by atoms with E-state index in [4.69, 9.17) is 0 Å². The van der Waals surface area contributed by atoms with Crippen molar-refractivity contribution in [2.75, 3.05) is 12.4 Å². The number of aromatic nitrogens is 2. The average molecular weight is 517 g/mol. The van der Waals surface area contributed by atoms with Crippen LogP contribution in [-0.2, 0) is 29.0 Å². The number of amides is 4. The molecule has 0 unspecified atom stereocenters. The van der Waals surface area contributed by atoms with E-state index in [1.54, 1.807) is 49.5 Å². The average Bonchev–Trinajstić information content (AvgIpc) is 3.45. The summed E-state index contributed by atoms with van der Waals surface area (Å²) in [5, 5.41) is 5.13. The van der Waals surface area contributed by atoms with Crippen molar-refractivity contribution < 1.29 is 23.2 Å². The van der Waals surface area contributed by atoms with Crippen LogP contribution in [0.4, 0.5) is 19.3 Å². The fourth-order valence-electron chi connectivity index (χ4n) is 5.40. The van der Waals surface area contributed by atoms with Crippen molar-refractivity contribution in [1.29, 1.82) is 0 Å². The lowest BCUT2D eigenvalue weighted by Crippen LogP contribution is -2.48. The number of urea groups is 1. The molecule has 38 heavy (non-hydrogen) atoms. The summed E-state index contributed by atoms with van der Waals surface area (Å²) in [5.74, 6) is -2.49. The zero-order valence-electron chi connectivity index (χ0n) is 20.1. The van der Waals surface area contributed by atoms with Gasteiger partial charge in [-0.15, -0.1) is 0 Å². The second-order valence-electron chi connectivity index (χ2n) is 9.56. The number of para-hydroxylation sites is 2. The van der Waals surface area contributed by atoms with Gasteiger partial charge in [0.2, 0.25) is 5.91 Å². The van der Waals surface area contributed by atoms with Crippen LogP contribution in [0.1, 0.15) is 11.1 Å². The Kier molecular flexibility index (Phi) is 5.20. The van der Waals surface area contributed by atoms with Gasteiger partial charge in [-0.1, -0.05) is 18.2 Å². The molecule has 1 fully saturated rings. The van der Waals surface area contributed by atoms with Crippen LogP contribution < -0.4 is 16.3 Å². The molecule has 1 atom stereocenters. The molecule has 2 heterocycles. The lowest BCUT2D eigenvalue weighted by atomic mass is 9.95. The highest BCUT2D eigenvalue weighted by Crippen LogP contribution is 2.38. The summed E-state index contributed by atoms with van der Waals surface area (Å²) in [4.78, 5) is 52.3. The fourth-order valence-corrected chi connectivity index (χ4v) is 5.40. The molecule has 1 aliphatic heterocycles. The van der Waals surface area contributed by atoms with Crippen LogP contribution in [0, 0.1) is 11.6 Å². The van der Waals surface area contributed by atoms with E-state index in [-0.39, 0.29) is 18.1 Å². The van der Waals surface area contributed by atoms with E-state index in [2.05, 4.69) is 10.6 Å². The Balaban J connectivity index is 1.28. The smallest absolute Gasteiger partial charge is 0.325 e. The summed E-state index contributed by atoms with van der Waals surface area (Å²) >= 11 is 0. The van der Waals surface area contributed by atoms with E-state index in [0.29, 0.717) is 35.6 Å². The first-order valence-electron chi connectivity index (χ1n) is 11.8. The highest BCUT2D eigenvalue weighted by Gasteiger charge is 2.54. The molecule has 6 rings (SSSR count). The van der Waals surface area contributed by atoms with Crippen LogP contribution in [0.5, 0.6) is 0 Å². The van der Waals surface area contributed by atoms with E-state index < -0.39 is 34.8 Å². The molecule has 4 aromatic rings. The van der Waals surface area contributed by atoms with Crippen LogP contribution in [-0.4, -0.2) is 44.5 Å². The van der Waals surface area contributed by atoms with Crippen LogP contribution in [0.25, 0.3) is 16.7 Å². The van der Waals surface area contributed by atoms with Gasteiger partial charge in [-0.25, -0.2) is 18.4 Å². The first-order valence-corrected chi connectivity index (χ1v) is 11.8. The first-order chi connectivity index (χ1) is 18.2. The predicted octanol–water partition coefficient (Wildman–Crippen LogP) is 2.73. The van der Waals surface area contributed by atoms with Crippen LogP contribution in [0.2, 0.25) is 0 Å². The SMILES string of the molecule is CN1C(=O)NC(=O)[C@]12Cc1ccc(NC(=O)Cn3c(=O)n(-c4cc(F)cc(F)c4)c4ccccc43)cc1C2. The van der Waals surface area contributed by atoms with E-state index in [9.17, 15) is 28.0 Å². The summed E-state index contributed by atoms with van der Waals surface area (Å²) in [5.41, 5.74) is 1.44. The first kappa shape index (κ1) is 23.6. The van der Waals surface area contributed by atoms with Gasteiger partial charge < -0.3 is 10.2 Å². The van der Waals surface area contributed by atoms with Crippen molar-refractivity contribution in [1.82, 2.24) is 19.4 Å². The lowest BCUT2D eigenvalue weighted by molar-refractivity contribution is -0.125. The van der Waals surface area contributed by atoms with E-state index in [1.165, 1.54) is 9.47 Å². The van der Waals surface area contributed by atoms with Crippen molar-refractivity contribution >= 4 is 34.6 Å². The minimum absolute atomic E-state index is 0.00908. The molecule has 4 amide bonds. The molecule has 3 aromatic carbocycles. The summed E-state index contributed by atoms with van der Waals surface area (Å²) < 4.78 is 30.2. The van der Waals surface area contributed by atoms with Gasteiger partial charge in [-0.3, -0.25) is 24.0 Å². The number of likely N-dealkylation sites (N-methyl/N-ethyl adjacent to an activating group) is 1. The third-order valence-electron chi connectivity index (χ3n) is 7.29. The normalized spacial score (nSPS) is 18.3. The number of hydrogen-bond donors (Lipinski definition) is 2. The highest BCUT2D eigenvalue weighted by molar-refractivity contribution is 6.07. The van der Waals surface area contributed by atoms with E-state index in [0.717, 1.165) is 27.8 Å². The Bertz CT molecular complexity index is 1720. The molecule has 1 saturated heterocycles. The Morgan fingerprint density at radius 1 is 0.947 bits per heavy atom. The Morgan fingerprint density at radius 2 is 1.63 bits per heavy atom. The number of carbonyl (C=O) groups is 3. The predicted molar refractivity (Wildman–Crippen MR) is 134 cm³/mol. The molecule has 0 saturated carbocycles. The molecule has 2 aliphatic rings. The number of hydrogen-bond acceptors (Lipinski definition) is 4. The summed E-state index contributed by atoms with van der Waals surface area (Å²) in [7, 11) is 1.58. The molecule has 11 heteroatoms. The molecule has 192 valence electrons. The maximum Gasteiger partial charge on any atom is 0.334 e. The topological polar surface area (TPSA) is 105 Å². The Labute approximate surface area is 214 Å². The van der Waals surface area contributed by atoms with Crippen molar-refractivity contribution in [3.8, 4) is 5.69 Å². The van der Waals surface area contributed by atoms with Crippen LogP contribution in [0.3, 0.4) is 0 Å². The molecule has 1 aliphatic carbocycles.